The fourth-order valence-electron chi connectivity index (χ4n) is 3.82. The van der Waals surface area contributed by atoms with Crippen LogP contribution in [0.25, 0.3) is 0 Å². The van der Waals surface area contributed by atoms with E-state index in [2.05, 4.69) is 5.32 Å². The van der Waals surface area contributed by atoms with Gasteiger partial charge < -0.3 is 19.5 Å². The van der Waals surface area contributed by atoms with Crippen molar-refractivity contribution >= 4 is 12.1 Å². The number of hydrogen-bond donors (Lipinski definition) is 1. The van der Waals surface area contributed by atoms with Crippen molar-refractivity contribution in [2.24, 2.45) is 5.92 Å². The van der Waals surface area contributed by atoms with Crippen LogP contribution in [0.15, 0.2) is 54.6 Å². The molecule has 1 saturated heterocycles. The molecule has 6 heteroatoms. The monoisotopic (exact) mass is 425 g/mol. The maximum absolute atomic E-state index is 12.7. The first-order valence-corrected chi connectivity index (χ1v) is 10.6. The fraction of sp³-hybridized carbons (Fsp3) is 0.440. The quantitative estimate of drug-likeness (QED) is 0.670. The molecule has 0 saturated carbocycles. The number of ether oxygens (including phenoxy) is 3. The highest BCUT2D eigenvalue weighted by Gasteiger charge is 2.40. The molecule has 31 heavy (non-hydrogen) atoms. The van der Waals surface area contributed by atoms with Crippen LogP contribution >= 0.6 is 0 Å². The minimum Gasteiger partial charge on any atom is -0.496 e. The zero-order valence-corrected chi connectivity index (χ0v) is 18.6. The largest absolute Gasteiger partial charge is 0.496 e. The average Bonchev–Trinajstić information content (AvgIpc) is 3.07. The maximum atomic E-state index is 12.7. The summed E-state index contributed by atoms with van der Waals surface area (Å²) in [4.78, 5) is 25.1. The van der Waals surface area contributed by atoms with Crippen LogP contribution in [-0.4, -0.2) is 36.9 Å². The molecule has 0 radical (unpaired) electrons. The van der Waals surface area contributed by atoms with Crippen LogP contribution in [0.1, 0.15) is 38.3 Å². The van der Waals surface area contributed by atoms with Gasteiger partial charge in [-0.2, -0.15) is 0 Å². The maximum Gasteiger partial charge on any atom is 0.408 e. The van der Waals surface area contributed by atoms with Gasteiger partial charge in [-0.15, -0.1) is 0 Å². The van der Waals surface area contributed by atoms with Crippen molar-refractivity contribution < 1.29 is 23.8 Å². The predicted molar refractivity (Wildman–Crippen MR) is 118 cm³/mol. The van der Waals surface area contributed by atoms with Crippen molar-refractivity contribution in [1.82, 2.24) is 5.32 Å². The summed E-state index contributed by atoms with van der Waals surface area (Å²) in [5, 5.41) is 2.93. The van der Waals surface area contributed by atoms with Crippen molar-refractivity contribution in [3.63, 3.8) is 0 Å². The van der Waals surface area contributed by atoms with Crippen LogP contribution in [0.5, 0.6) is 5.75 Å². The zero-order valence-electron chi connectivity index (χ0n) is 18.6. The molecular formula is C25H31NO5. The van der Waals surface area contributed by atoms with Gasteiger partial charge in [-0.05, 0) is 50.8 Å². The number of carbonyl (C=O) groups is 2. The lowest BCUT2D eigenvalue weighted by Crippen LogP contribution is -2.46. The van der Waals surface area contributed by atoms with Crippen molar-refractivity contribution in [3.8, 4) is 5.75 Å². The highest BCUT2D eigenvalue weighted by atomic mass is 16.6. The van der Waals surface area contributed by atoms with Crippen LogP contribution < -0.4 is 10.1 Å². The number of esters is 1. The topological polar surface area (TPSA) is 73.9 Å². The molecule has 3 atom stereocenters. The highest BCUT2D eigenvalue weighted by molar-refractivity contribution is 5.75. The van der Waals surface area contributed by atoms with Crippen LogP contribution in [0.4, 0.5) is 4.79 Å². The number of cyclic esters (lactones) is 1. The number of nitrogens with one attached hydrogen (secondary N) is 1. The van der Waals surface area contributed by atoms with E-state index in [0.717, 1.165) is 16.9 Å². The van der Waals surface area contributed by atoms with Gasteiger partial charge in [-0.1, -0.05) is 48.5 Å². The summed E-state index contributed by atoms with van der Waals surface area (Å²) in [6.45, 7) is 5.45. The molecule has 0 bridgehead atoms. The Kier molecular flexibility index (Phi) is 7.21. The number of benzene rings is 2. The Morgan fingerprint density at radius 2 is 1.81 bits per heavy atom. The first-order chi connectivity index (χ1) is 14.7. The third-order valence-corrected chi connectivity index (χ3v) is 5.23. The molecule has 0 aromatic heterocycles. The number of rotatable bonds is 7. The van der Waals surface area contributed by atoms with Gasteiger partial charge in [0.15, 0.2) is 0 Å². The van der Waals surface area contributed by atoms with E-state index in [1.807, 2.05) is 75.4 Å². The minimum absolute atomic E-state index is 0.250. The number of para-hydroxylation sites is 1. The van der Waals surface area contributed by atoms with E-state index in [-0.39, 0.29) is 17.9 Å². The number of carbonyl (C=O) groups excluding carboxylic acids is 2. The van der Waals surface area contributed by atoms with E-state index in [4.69, 9.17) is 14.2 Å². The Bertz CT molecular complexity index is 890. The Hall–Kier alpha value is -3.02. The summed E-state index contributed by atoms with van der Waals surface area (Å²) in [5.41, 5.74) is 1.40. The van der Waals surface area contributed by atoms with E-state index in [1.54, 1.807) is 7.11 Å². The van der Waals surface area contributed by atoms with Crippen LogP contribution in [-0.2, 0) is 27.1 Å². The van der Waals surface area contributed by atoms with Gasteiger partial charge in [-0.3, -0.25) is 4.79 Å². The Morgan fingerprint density at radius 1 is 1.13 bits per heavy atom. The Labute approximate surface area is 183 Å². The average molecular weight is 426 g/mol. The highest BCUT2D eigenvalue weighted by Crippen LogP contribution is 2.31. The van der Waals surface area contributed by atoms with Gasteiger partial charge in [0.1, 0.15) is 17.5 Å². The number of hydrogen-bond acceptors (Lipinski definition) is 5. The third-order valence-electron chi connectivity index (χ3n) is 5.23. The molecule has 1 aliphatic heterocycles. The van der Waals surface area contributed by atoms with Gasteiger partial charge in [0, 0.05) is 6.42 Å². The number of amides is 1. The predicted octanol–water partition coefficient (Wildman–Crippen LogP) is 4.31. The molecule has 2 aromatic rings. The van der Waals surface area contributed by atoms with E-state index in [9.17, 15) is 9.59 Å². The Balaban J connectivity index is 1.73. The number of alkyl carbamates (subject to hydrolysis) is 1. The molecule has 1 aliphatic rings. The van der Waals surface area contributed by atoms with Gasteiger partial charge in [0.05, 0.1) is 19.1 Å². The van der Waals surface area contributed by atoms with E-state index >= 15 is 0 Å². The van der Waals surface area contributed by atoms with E-state index < -0.39 is 17.8 Å². The molecule has 0 unspecified atom stereocenters. The Morgan fingerprint density at radius 3 is 2.48 bits per heavy atom. The molecule has 1 fully saturated rings. The summed E-state index contributed by atoms with van der Waals surface area (Å²) >= 11 is 0. The lowest BCUT2D eigenvalue weighted by molar-refractivity contribution is -0.145. The summed E-state index contributed by atoms with van der Waals surface area (Å²) in [6.07, 6.45) is 0.644. The lowest BCUT2D eigenvalue weighted by atomic mass is 9.91. The third kappa shape index (κ3) is 6.48. The molecule has 3 rings (SSSR count). The minimum atomic E-state index is -0.611. The molecule has 2 aromatic carbocycles. The molecular weight excluding hydrogens is 394 g/mol. The summed E-state index contributed by atoms with van der Waals surface area (Å²) in [6, 6.07) is 17.1. The molecule has 0 aliphatic carbocycles. The van der Waals surface area contributed by atoms with Crippen LogP contribution in [0, 0.1) is 5.92 Å². The molecule has 1 amide bonds. The normalized spacial score (nSPS) is 19.4. The van der Waals surface area contributed by atoms with E-state index in [0.29, 0.717) is 19.3 Å². The first kappa shape index (κ1) is 22.7. The second-order valence-corrected chi connectivity index (χ2v) is 8.87. The molecule has 1 N–H and O–H groups in total. The summed E-state index contributed by atoms with van der Waals surface area (Å²) in [5.74, 6) is 0.214. The van der Waals surface area contributed by atoms with Crippen molar-refractivity contribution in [3.05, 3.63) is 65.7 Å². The summed E-state index contributed by atoms with van der Waals surface area (Å²) in [7, 11) is 1.62. The second kappa shape index (κ2) is 9.86. The van der Waals surface area contributed by atoms with Gasteiger partial charge in [0.2, 0.25) is 0 Å². The van der Waals surface area contributed by atoms with Gasteiger partial charge >= 0.3 is 12.1 Å². The van der Waals surface area contributed by atoms with Gasteiger partial charge in [-0.25, -0.2) is 4.79 Å². The number of methoxy groups -OCH3 is 1. The second-order valence-electron chi connectivity index (χ2n) is 8.87. The zero-order chi connectivity index (χ0) is 22.4. The first-order valence-electron chi connectivity index (χ1n) is 10.6. The molecule has 6 nitrogen and oxygen atoms in total. The van der Waals surface area contributed by atoms with Crippen molar-refractivity contribution in [2.75, 3.05) is 7.11 Å². The van der Waals surface area contributed by atoms with Crippen molar-refractivity contribution in [2.45, 2.75) is 57.8 Å². The van der Waals surface area contributed by atoms with Gasteiger partial charge in [0.25, 0.3) is 0 Å². The summed E-state index contributed by atoms with van der Waals surface area (Å²) < 4.78 is 16.6. The molecule has 0 spiro atoms. The van der Waals surface area contributed by atoms with E-state index in [1.165, 1.54) is 0 Å². The van der Waals surface area contributed by atoms with Crippen LogP contribution in [0.3, 0.4) is 0 Å². The molecule has 166 valence electrons. The lowest BCUT2D eigenvalue weighted by Gasteiger charge is -2.26. The smallest absolute Gasteiger partial charge is 0.408 e. The van der Waals surface area contributed by atoms with Crippen molar-refractivity contribution in [1.29, 1.82) is 0 Å². The fourth-order valence-corrected chi connectivity index (χ4v) is 3.82. The van der Waals surface area contributed by atoms with Crippen LogP contribution in [0.2, 0.25) is 0 Å². The molecule has 1 heterocycles. The SMILES string of the molecule is COc1ccccc1C[C@@H]1C[C@@H]([C@H](Cc2ccccc2)NC(=O)OC(C)(C)C)OC1=O. The standard InChI is InChI=1S/C25H31NO5/c1-25(2,3)31-24(28)26-20(14-17-10-6-5-7-11-17)22-16-19(23(27)30-22)15-18-12-8-9-13-21(18)29-4/h5-13,19-20,22H,14-16H2,1-4H3,(H,26,28)/t19-,20+,22+/m1/s1.